The van der Waals surface area contributed by atoms with Crippen molar-refractivity contribution in [1.82, 2.24) is 5.32 Å². The fourth-order valence-corrected chi connectivity index (χ4v) is 1.06. The first-order valence-corrected chi connectivity index (χ1v) is 4.96. The third-order valence-electron chi connectivity index (χ3n) is 0.767. The van der Waals surface area contributed by atoms with E-state index >= 15 is 0 Å². The number of hydrogen-bond acceptors (Lipinski definition) is 3. The minimum absolute atomic E-state index is 0.416. The molecule has 0 saturated heterocycles. The van der Waals surface area contributed by atoms with Gasteiger partial charge < -0.3 is 5.32 Å². The van der Waals surface area contributed by atoms with Crippen LogP contribution >= 0.6 is 0 Å². The van der Waals surface area contributed by atoms with Crippen LogP contribution in [0.15, 0.2) is 0 Å². The monoisotopic (exact) mass is 165 g/mol. The highest BCUT2D eigenvalue weighted by molar-refractivity contribution is 7.91. The predicted octanol–water partition coefficient (Wildman–Crippen LogP) is -0.833. The second-order valence-corrected chi connectivity index (χ2v) is 4.16. The Kier molecular flexibility index (Phi) is 3.35. The summed E-state index contributed by atoms with van der Waals surface area (Å²) >= 11 is 0. The molecule has 0 aliphatic heterocycles. The number of amides is 1. The molecule has 60 valence electrons. The van der Waals surface area contributed by atoms with Gasteiger partial charge >= 0.3 is 0 Å². The molecular weight excluding hydrogens is 154 g/mol. The van der Waals surface area contributed by atoms with Gasteiger partial charge in [0, 0.05) is 12.8 Å². The quantitative estimate of drug-likeness (QED) is 0.593. The van der Waals surface area contributed by atoms with E-state index in [1.807, 2.05) is 0 Å². The van der Waals surface area contributed by atoms with Crippen molar-refractivity contribution in [2.45, 2.75) is 6.92 Å². The van der Waals surface area contributed by atoms with Crippen molar-refractivity contribution in [1.29, 1.82) is 0 Å². The van der Waals surface area contributed by atoms with E-state index in [2.05, 4.69) is 5.32 Å². The third-order valence-corrected chi connectivity index (χ3v) is 1.55. The van der Waals surface area contributed by atoms with E-state index in [0.717, 1.165) is 6.26 Å². The summed E-state index contributed by atoms with van der Waals surface area (Å²) in [6.07, 6.45) is 1.03. The van der Waals surface area contributed by atoms with E-state index < -0.39 is 21.5 Å². The Morgan fingerprint density at radius 3 is 2.30 bits per heavy atom. The van der Waals surface area contributed by atoms with Gasteiger partial charge in [0.05, 0.1) is 0 Å². The number of carbonyl (C=O) groups excluding carboxylic acids is 1. The smallest absolute Gasteiger partial charge is 0.235 e. The summed E-state index contributed by atoms with van der Waals surface area (Å²) in [5.74, 6) is -0.856. The second kappa shape index (κ2) is 3.55. The molecule has 0 atom stereocenters. The Balaban J connectivity index is 3.82. The summed E-state index contributed by atoms with van der Waals surface area (Å²) in [4.78, 5) is 10.6. The molecule has 0 aliphatic rings. The molecule has 5 heteroatoms. The van der Waals surface area contributed by atoms with Crippen LogP contribution in [0.4, 0.5) is 0 Å². The zero-order valence-electron chi connectivity index (χ0n) is 6.05. The van der Waals surface area contributed by atoms with Gasteiger partial charge in [-0.1, -0.05) is 0 Å². The first-order chi connectivity index (χ1) is 4.45. The summed E-state index contributed by atoms with van der Waals surface area (Å²) in [7, 11) is -3.16. The molecule has 0 radical (unpaired) electrons. The van der Waals surface area contributed by atoms with Crippen LogP contribution in [-0.2, 0) is 14.6 Å². The van der Waals surface area contributed by atoms with Gasteiger partial charge in [0.25, 0.3) is 0 Å². The first kappa shape index (κ1) is 9.42. The minimum atomic E-state index is -3.16. The van der Waals surface area contributed by atoms with E-state index in [9.17, 15) is 13.2 Å². The lowest BCUT2D eigenvalue weighted by atomic mass is 10.6. The molecule has 0 bridgehead atoms. The number of hydrogen-bond donors (Lipinski definition) is 1. The Hall–Kier alpha value is -0.580. The van der Waals surface area contributed by atoms with Gasteiger partial charge in [-0.05, 0) is 6.92 Å². The van der Waals surface area contributed by atoms with Gasteiger partial charge in [-0.3, -0.25) is 4.79 Å². The van der Waals surface area contributed by atoms with Crippen molar-refractivity contribution in [3.05, 3.63) is 0 Å². The Morgan fingerprint density at radius 2 is 2.00 bits per heavy atom. The SMILES string of the molecule is CCNC(=O)CS(C)(=O)=O. The van der Waals surface area contributed by atoms with Crippen molar-refractivity contribution in [3.8, 4) is 0 Å². The van der Waals surface area contributed by atoms with Crippen molar-refractivity contribution in [2.24, 2.45) is 0 Å². The third kappa shape index (κ3) is 5.55. The maximum Gasteiger partial charge on any atom is 0.235 e. The topological polar surface area (TPSA) is 63.2 Å². The average molecular weight is 165 g/mol. The van der Waals surface area contributed by atoms with Gasteiger partial charge in [0.2, 0.25) is 5.91 Å². The fourth-order valence-electron chi connectivity index (χ4n) is 0.486. The van der Waals surface area contributed by atoms with Gasteiger partial charge in [0.15, 0.2) is 9.84 Å². The Morgan fingerprint density at radius 1 is 1.50 bits per heavy atom. The van der Waals surface area contributed by atoms with E-state index in [1.165, 1.54) is 0 Å². The molecule has 0 saturated carbocycles. The van der Waals surface area contributed by atoms with Crippen molar-refractivity contribution in [3.63, 3.8) is 0 Å². The van der Waals surface area contributed by atoms with Gasteiger partial charge in [-0.25, -0.2) is 8.42 Å². The largest absolute Gasteiger partial charge is 0.356 e. The summed E-state index contributed by atoms with van der Waals surface area (Å²) < 4.78 is 20.9. The summed E-state index contributed by atoms with van der Waals surface area (Å²) in [5.41, 5.74) is 0. The van der Waals surface area contributed by atoms with E-state index in [-0.39, 0.29) is 0 Å². The molecule has 1 N–H and O–H groups in total. The zero-order chi connectivity index (χ0) is 8.20. The predicted molar refractivity (Wildman–Crippen MR) is 38.4 cm³/mol. The van der Waals surface area contributed by atoms with E-state index in [4.69, 9.17) is 0 Å². The van der Waals surface area contributed by atoms with Crippen LogP contribution in [0, 0.1) is 0 Å². The van der Waals surface area contributed by atoms with Crippen LogP contribution in [-0.4, -0.2) is 32.9 Å². The molecule has 0 unspecified atom stereocenters. The fraction of sp³-hybridized carbons (Fsp3) is 0.800. The summed E-state index contributed by atoms with van der Waals surface area (Å²) in [6.45, 7) is 2.20. The molecule has 0 rings (SSSR count). The zero-order valence-corrected chi connectivity index (χ0v) is 6.86. The summed E-state index contributed by atoms with van der Waals surface area (Å²) in [5, 5.41) is 2.38. The van der Waals surface area contributed by atoms with Crippen molar-refractivity contribution >= 4 is 15.7 Å². The maximum absolute atomic E-state index is 10.6. The number of nitrogens with one attached hydrogen (secondary N) is 1. The number of sulfone groups is 1. The lowest BCUT2D eigenvalue weighted by molar-refractivity contribution is -0.118. The average Bonchev–Trinajstić information content (AvgIpc) is 1.59. The molecule has 0 aromatic rings. The van der Waals surface area contributed by atoms with E-state index in [0.29, 0.717) is 6.54 Å². The van der Waals surface area contributed by atoms with Gasteiger partial charge in [0.1, 0.15) is 5.75 Å². The highest BCUT2D eigenvalue weighted by Crippen LogP contribution is 1.80. The number of carbonyl (C=O) groups is 1. The minimum Gasteiger partial charge on any atom is -0.356 e. The first-order valence-electron chi connectivity index (χ1n) is 2.90. The molecule has 0 aromatic carbocycles. The lowest BCUT2D eigenvalue weighted by Crippen LogP contribution is -2.29. The summed E-state index contributed by atoms with van der Waals surface area (Å²) in [6, 6.07) is 0. The normalized spacial score (nSPS) is 11.0. The lowest BCUT2D eigenvalue weighted by Gasteiger charge is -1.98. The van der Waals surface area contributed by atoms with Crippen LogP contribution < -0.4 is 5.32 Å². The Bertz CT molecular complexity index is 207. The molecule has 0 fully saturated rings. The van der Waals surface area contributed by atoms with Crippen molar-refractivity contribution in [2.75, 3.05) is 18.6 Å². The molecular formula is C5H11NO3S. The highest BCUT2D eigenvalue weighted by atomic mass is 32.2. The van der Waals surface area contributed by atoms with Crippen LogP contribution in [0.5, 0.6) is 0 Å². The van der Waals surface area contributed by atoms with Crippen LogP contribution in [0.1, 0.15) is 6.92 Å². The van der Waals surface area contributed by atoms with Crippen LogP contribution in [0.3, 0.4) is 0 Å². The maximum atomic E-state index is 10.6. The standard InChI is InChI=1S/C5H11NO3S/c1-3-6-5(7)4-10(2,8)9/h3-4H2,1-2H3,(H,6,7). The second-order valence-electron chi connectivity index (χ2n) is 2.02. The molecule has 0 aromatic heterocycles. The van der Waals surface area contributed by atoms with E-state index in [1.54, 1.807) is 6.92 Å². The van der Waals surface area contributed by atoms with Gasteiger partial charge in [-0.2, -0.15) is 0 Å². The van der Waals surface area contributed by atoms with Gasteiger partial charge in [-0.15, -0.1) is 0 Å². The number of rotatable bonds is 3. The van der Waals surface area contributed by atoms with Crippen LogP contribution in [0.25, 0.3) is 0 Å². The molecule has 10 heavy (non-hydrogen) atoms. The molecule has 1 amide bonds. The molecule has 4 nitrogen and oxygen atoms in total. The molecule has 0 heterocycles. The molecule has 0 spiro atoms. The Labute approximate surface area is 60.5 Å². The highest BCUT2D eigenvalue weighted by Gasteiger charge is 2.08. The van der Waals surface area contributed by atoms with Crippen molar-refractivity contribution < 1.29 is 13.2 Å². The molecule has 0 aliphatic carbocycles. The van der Waals surface area contributed by atoms with Crippen LogP contribution in [0.2, 0.25) is 0 Å².